The number of ether oxygens (including phenoxy) is 1. The maximum atomic E-state index is 12.8. The highest BCUT2D eigenvalue weighted by molar-refractivity contribution is 6.05. The highest BCUT2D eigenvalue weighted by Gasteiger charge is 2.40. The molecule has 4 rings (SSSR count). The first-order valence-corrected chi connectivity index (χ1v) is 9.11. The number of carbonyl (C=O) groups excluding carboxylic acids is 2. The van der Waals surface area contributed by atoms with Gasteiger partial charge in [-0.05, 0) is 35.9 Å². The van der Waals surface area contributed by atoms with Crippen LogP contribution in [0.2, 0.25) is 0 Å². The van der Waals surface area contributed by atoms with Gasteiger partial charge < -0.3 is 30.5 Å². The van der Waals surface area contributed by atoms with Crippen LogP contribution in [0.15, 0.2) is 42.5 Å². The third-order valence-electron chi connectivity index (χ3n) is 4.95. The molecule has 2 aliphatic heterocycles. The SMILES string of the molecule is N=C1NCc2cc(NC(=O)[C@H](O)[C@H]3OCCN(c4ccccc4O)C3=O)ccc21. The second kappa shape index (κ2) is 7.53. The minimum Gasteiger partial charge on any atom is -0.506 e. The van der Waals surface area contributed by atoms with E-state index in [1.54, 1.807) is 36.4 Å². The summed E-state index contributed by atoms with van der Waals surface area (Å²) in [7, 11) is 0. The maximum absolute atomic E-state index is 12.8. The van der Waals surface area contributed by atoms with E-state index in [0.29, 0.717) is 23.8 Å². The molecule has 2 amide bonds. The van der Waals surface area contributed by atoms with Crippen LogP contribution in [0.5, 0.6) is 5.75 Å². The molecular weight excluding hydrogens is 376 g/mol. The fraction of sp³-hybridized carbons (Fsp3) is 0.250. The van der Waals surface area contributed by atoms with Crippen molar-refractivity contribution in [2.75, 3.05) is 23.4 Å². The van der Waals surface area contributed by atoms with Crippen LogP contribution in [-0.4, -0.2) is 53.2 Å². The van der Waals surface area contributed by atoms with E-state index in [4.69, 9.17) is 10.1 Å². The summed E-state index contributed by atoms with van der Waals surface area (Å²) in [5.41, 5.74) is 2.36. The van der Waals surface area contributed by atoms with Crippen LogP contribution in [0.4, 0.5) is 11.4 Å². The second-order valence-corrected chi connectivity index (χ2v) is 6.80. The molecule has 2 aliphatic rings. The number of nitrogens with one attached hydrogen (secondary N) is 3. The van der Waals surface area contributed by atoms with E-state index in [1.807, 2.05) is 0 Å². The molecule has 29 heavy (non-hydrogen) atoms. The Bertz CT molecular complexity index is 993. The van der Waals surface area contributed by atoms with Gasteiger partial charge in [0.25, 0.3) is 11.8 Å². The average Bonchev–Trinajstić information content (AvgIpc) is 3.08. The summed E-state index contributed by atoms with van der Waals surface area (Å²) < 4.78 is 5.37. The second-order valence-electron chi connectivity index (χ2n) is 6.80. The quantitative estimate of drug-likeness (QED) is 0.512. The molecule has 0 aromatic heterocycles. The van der Waals surface area contributed by atoms with Crippen LogP contribution >= 0.6 is 0 Å². The zero-order valence-electron chi connectivity index (χ0n) is 15.4. The van der Waals surface area contributed by atoms with Crippen molar-refractivity contribution in [3.63, 3.8) is 0 Å². The van der Waals surface area contributed by atoms with E-state index in [2.05, 4.69) is 10.6 Å². The Morgan fingerprint density at radius 3 is 2.90 bits per heavy atom. The number of aliphatic hydroxyl groups is 1. The molecule has 2 heterocycles. The van der Waals surface area contributed by atoms with Gasteiger partial charge in [-0.1, -0.05) is 12.1 Å². The van der Waals surface area contributed by atoms with Crippen molar-refractivity contribution in [2.24, 2.45) is 0 Å². The van der Waals surface area contributed by atoms with E-state index >= 15 is 0 Å². The topological polar surface area (TPSA) is 135 Å². The van der Waals surface area contributed by atoms with Crippen LogP contribution in [-0.2, 0) is 20.9 Å². The molecule has 0 spiro atoms. The van der Waals surface area contributed by atoms with Crippen molar-refractivity contribution in [2.45, 2.75) is 18.8 Å². The number of aromatic hydroxyl groups is 1. The number of carbonyl (C=O) groups is 2. The highest BCUT2D eigenvalue weighted by Crippen LogP contribution is 2.29. The predicted molar refractivity (Wildman–Crippen MR) is 105 cm³/mol. The molecule has 0 unspecified atom stereocenters. The minimum absolute atomic E-state index is 0.0715. The van der Waals surface area contributed by atoms with Gasteiger partial charge in [0.2, 0.25) is 0 Å². The number of phenolic OH excluding ortho intramolecular Hbond substituents is 1. The van der Waals surface area contributed by atoms with Crippen molar-refractivity contribution in [3.8, 4) is 5.75 Å². The van der Waals surface area contributed by atoms with Gasteiger partial charge in [0.15, 0.2) is 12.2 Å². The monoisotopic (exact) mass is 396 g/mol. The first-order valence-electron chi connectivity index (χ1n) is 9.11. The van der Waals surface area contributed by atoms with Gasteiger partial charge in [0.1, 0.15) is 11.6 Å². The van der Waals surface area contributed by atoms with Crippen molar-refractivity contribution in [1.29, 1.82) is 5.41 Å². The Hall–Kier alpha value is -3.43. The lowest BCUT2D eigenvalue weighted by molar-refractivity contribution is -0.150. The Morgan fingerprint density at radius 2 is 2.10 bits per heavy atom. The van der Waals surface area contributed by atoms with Crippen LogP contribution in [0.25, 0.3) is 0 Å². The zero-order chi connectivity index (χ0) is 20.5. The molecule has 9 nitrogen and oxygen atoms in total. The molecule has 2 atom stereocenters. The Morgan fingerprint density at radius 1 is 1.31 bits per heavy atom. The summed E-state index contributed by atoms with van der Waals surface area (Å²) in [4.78, 5) is 26.6. The molecular formula is C20H20N4O5. The molecule has 9 heteroatoms. The smallest absolute Gasteiger partial charge is 0.259 e. The first-order chi connectivity index (χ1) is 14.0. The summed E-state index contributed by atoms with van der Waals surface area (Å²) in [6.45, 7) is 0.799. The lowest BCUT2D eigenvalue weighted by Crippen LogP contribution is -2.55. The number of benzene rings is 2. The van der Waals surface area contributed by atoms with Crippen LogP contribution in [0, 0.1) is 5.41 Å². The largest absolute Gasteiger partial charge is 0.506 e. The number of amidine groups is 1. The standard InChI is InChI=1S/C20H20N4O5/c21-18-13-6-5-12(9-11(13)10-22-18)23-19(27)16(26)17-20(28)24(7-8-29-17)14-3-1-2-4-15(14)25/h1-6,9,16-17,25-26H,7-8,10H2,(H2,21,22)(H,23,27)/t16-,17-/m1/s1. The number of amides is 2. The lowest BCUT2D eigenvalue weighted by Gasteiger charge is -2.34. The van der Waals surface area contributed by atoms with Gasteiger partial charge in [-0.3, -0.25) is 15.0 Å². The van der Waals surface area contributed by atoms with E-state index in [9.17, 15) is 19.8 Å². The number of para-hydroxylation sites is 2. The molecule has 1 fully saturated rings. The molecule has 0 aliphatic carbocycles. The number of hydrogen-bond acceptors (Lipinski definition) is 6. The van der Waals surface area contributed by atoms with E-state index in [-0.39, 0.29) is 18.9 Å². The fourth-order valence-corrected chi connectivity index (χ4v) is 3.46. The molecule has 1 saturated heterocycles. The first kappa shape index (κ1) is 18.9. The number of nitrogens with zero attached hydrogens (tertiary/aromatic N) is 1. The van der Waals surface area contributed by atoms with Gasteiger partial charge in [-0.15, -0.1) is 0 Å². The molecule has 2 aromatic rings. The third kappa shape index (κ3) is 3.53. The molecule has 2 aromatic carbocycles. The van der Waals surface area contributed by atoms with Crippen molar-refractivity contribution < 1.29 is 24.5 Å². The fourth-order valence-electron chi connectivity index (χ4n) is 3.46. The van der Waals surface area contributed by atoms with Gasteiger partial charge in [-0.2, -0.15) is 0 Å². The number of phenols is 1. The summed E-state index contributed by atoms with van der Waals surface area (Å²) >= 11 is 0. The Kier molecular flexibility index (Phi) is 4.91. The molecule has 5 N–H and O–H groups in total. The van der Waals surface area contributed by atoms with Gasteiger partial charge >= 0.3 is 0 Å². The number of fused-ring (bicyclic) bond motifs is 1. The van der Waals surface area contributed by atoms with E-state index in [1.165, 1.54) is 11.0 Å². The average molecular weight is 396 g/mol. The van der Waals surface area contributed by atoms with Gasteiger partial charge in [-0.25, -0.2) is 0 Å². The Balaban J connectivity index is 1.48. The van der Waals surface area contributed by atoms with Crippen molar-refractivity contribution in [3.05, 3.63) is 53.6 Å². The zero-order valence-corrected chi connectivity index (χ0v) is 15.4. The normalized spacial score (nSPS) is 19.5. The lowest BCUT2D eigenvalue weighted by atomic mass is 10.1. The maximum Gasteiger partial charge on any atom is 0.259 e. The van der Waals surface area contributed by atoms with E-state index < -0.39 is 24.0 Å². The van der Waals surface area contributed by atoms with Gasteiger partial charge in [0, 0.05) is 24.3 Å². The minimum atomic E-state index is -1.72. The highest BCUT2D eigenvalue weighted by atomic mass is 16.5. The molecule has 0 radical (unpaired) electrons. The summed E-state index contributed by atoms with van der Waals surface area (Å²) in [5, 5.41) is 33.7. The number of hydrogen-bond donors (Lipinski definition) is 5. The van der Waals surface area contributed by atoms with Gasteiger partial charge in [0.05, 0.1) is 12.3 Å². The summed E-state index contributed by atoms with van der Waals surface area (Å²) in [6.07, 6.45) is -3.10. The third-order valence-corrected chi connectivity index (χ3v) is 4.95. The van der Waals surface area contributed by atoms with Crippen LogP contribution in [0.1, 0.15) is 11.1 Å². The molecule has 0 bridgehead atoms. The van der Waals surface area contributed by atoms with E-state index in [0.717, 1.165) is 11.1 Å². The molecule has 150 valence electrons. The predicted octanol–water partition coefficient (Wildman–Crippen LogP) is 0.552. The summed E-state index contributed by atoms with van der Waals surface area (Å²) in [6, 6.07) is 11.4. The van der Waals surface area contributed by atoms with Crippen LogP contribution < -0.4 is 15.5 Å². The van der Waals surface area contributed by atoms with Crippen molar-refractivity contribution >= 4 is 29.0 Å². The number of aliphatic hydroxyl groups excluding tert-OH is 1. The van der Waals surface area contributed by atoms with Crippen molar-refractivity contribution in [1.82, 2.24) is 5.32 Å². The van der Waals surface area contributed by atoms with Crippen LogP contribution in [0.3, 0.4) is 0 Å². The molecule has 0 saturated carbocycles. The summed E-state index contributed by atoms with van der Waals surface area (Å²) in [5.74, 6) is -1.13. The Labute approximate surface area is 166 Å². The number of anilines is 2. The number of rotatable bonds is 4. The number of morpholine rings is 1.